The van der Waals surface area contributed by atoms with E-state index in [1.807, 2.05) is 24.3 Å². The average molecular weight is 1270 g/mol. The summed E-state index contributed by atoms with van der Waals surface area (Å²) >= 11 is 0. The molecule has 4 aliphatic rings. The van der Waals surface area contributed by atoms with Crippen molar-refractivity contribution in [3.63, 3.8) is 0 Å². The minimum atomic E-state index is -2.16. The summed E-state index contributed by atoms with van der Waals surface area (Å²) in [5.74, 6) is -0.845. The molecule has 0 amide bonds. The van der Waals surface area contributed by atoms with Gasteiger partial charge < -0.3 is 59.2 Å². The SMILES string of the molecule is CC(C)(C)[Si](C)(C)O[C@H]1C[C@H](F)/C(=C/C[C@@H](O[Si](C)(C)C(C)(C)C)C2Cc3ccccc3C2)[C@H]1C/C=C\CCCC(=O)OCC(CO)(CO)CO.O=C(CCC/C=C\C[C@@H]1/C(=C\C[C@@H](O)C2Cc3ccccc3C2)[C@@H](F)C[C@@H]1O)OCC(CO)(CO)CO. The van der Waals surface area contributed by atoms with Crippen molar-refractivity contribution in [1.82, 2.24) is 0 Å². The molecule has 2 aromatic rings. The molecule has 2 saturated carbocycles. The number of rotatable bonds is 32. The summed E-state index contributed by atoms with van der Waals surface area (Å²) in [6, 6.07) is 16.9. The van der Waals surface area contributed by atoms with Crippen LogP contribution in [0.4, 0.5) is 8.78 Å². The van der Waals surface area contributed by atoms with E-state index in [9.17, 15) is 54.8 Å². The van der Waals surface area contributed by atoms with Gasteiger partial charge in [0.2, 0.25) is 0 Å². The van der Waals surface area contributed by atoms with Gasteiger partial charge in [-0.3, -0.25) is 9.59 Å². The summed E-state index contributed by atoms with van der Waals surface area (Å²) in [6.07, 6.45) is 17.0. The summed E-state index contributed by atoms with van der Waals surface area (Å²) < 4.78 is 55.2. The molecule has 8 atom stereocenters. The molecular weight excluding hydrogens is 1160 g/mol. The molecule has 18 heteroatoms. The van der Waals surface area contributed by atoms with Crippen molar-refractivity contribution in [3.05, 3.63) is 118 Å². The molecule has 0 aliphatic heterocycles. The number of hydrogen-bond donors (Lipinski definition) is 8. The third-order valence-electron chi connectivity index (χ3n) is 20.0. The van der Waals surface area contributed by atoms with E-state index in [-0.39, 0.29) is 72.5 Å². The van der Waals surface area contributed by atoms with Crippen LogP contribution in [0.15, 0.2) is 96.1 Å². The number of carbonyl (C=O) groups is 2. The maximum Gasteiger partial charge on any atom is 0.305 e. The standard InChI is InChI=1S/C41H69FO7Si2.C29H41FO7/c1-39(2,3)50(7,8)48-36(32-23-30-17-15-16-18-31(30)24-32)22-21-33-34(37(25-35(33)42)49-51(9,10)40(4,5)6)19-13-11-12-14-20-38(46)47-29-41(26-43,27-44)28-45;30-25-15-27(35)24(9-3-1-2-4-10-28(36)37-19-29(16-31,17-32)18-33)23(25)11-12-26(34)22-13-20-7-5-6-8-21(20)14-22/h11,13,15-18,21,32,34-37,43-45H,12,14,19-20,22-29H2,1-10H3;1,3,5-8,11,22,24-27,31-35H,2,4,9-10,12-19H2/b13-11-,33-21+;3-1-,23-11+/t34-,35+,36-,37+;24-,25+,26-,27+/m11/s1. The lowest BCUT2D eigenvalue weighted by molar-refractivity contribution is -0.152. The van der Waals surface area contributed by atoms with Gasteiger partial charge in [0.1, 0.15) is 25.6 Å². The van der Waals surface area contributed by atoms with Gasteiger partial charge in [-0.2, -0.15) is 0 Å². The minimum Gasteiger partial charge on any atom is -0.465 e. The third-order valence-corrected chi connectivity index (χ3v) is 29.0. The molecule has 0 heterocycles. The molecule has 88 heavy (non-hydrogen) atoms. The number of halogens is 2. The molecule has 14 nitrogen and oxygen atoms in total. The Kier molecular flexibility index (Phi) is 29.2. The van der Waals surface area contributed by atoms with Crippen LogP contribution in [0.25, 0.3) is 0 Å². The highest BCUT2D eigenvalue weighted by atomic mass is 28.4. The highest BCUT2D eigenvalue weighted by Crippen LogP contribution is 2.47. The summed E-state index contributed by atoms with van der Waals surface area (Å²) in [5, 5.41) is 77.4. The van der Waals surface area contributed by atoms with Crippen LogP contribution in [0.2, 0.25) is 36.3 Å². The number of carbonyl (C=O) groups excluding carboxylic acids is 2. The quantitative estimate of drug-likeness (QED) is 0.0147. The monoisotopic (exact) mass is 1270 g/mol. The van der Waals surface area contributed by atoms with Gasteiger partial charge in [0.15, 0.2) is 16.6 Å². The third kappa shape index (κ3) is 21.1. The Morgan fingerprint density at radius 3 is 1.41 bits per heavy atom. The fourth-order valence-electron chi connectivity index (χ4n) is 11.7. The second-order valence-corrected chi connectivity index (χ2v) is 38.3. The number of benzene rings is 2. The molecule has 2 aromatic carbocycles. The summed E-state index contributed by atoms with van der Waals surface area (Å²) in [5.41, 5.74) is 4.26. The second-order valence-electron chi connectivity index (χ2n) is 28.8. The zero-order valence-electron chi connectivity index (χ0n) is 54.6. The Morgan fingerprint density at radius 2 is 0.977 bits per heavy atom. The highest BCUT2D eigenvalue weighted by Gasteiger charge is 2.47. The largest absolute Gasteiger partial charge is 0.465 e. The van der Waals surface area contributed by atoms with Gasteiger partial charge in [-0.05, 0) is 159 Å². The smallest absolute Gasteiger partial charge is 0.305 e. The van der Waals surface area contributed by atoms with E-state index in [4.69, 9.17) is 18.3 Å². The van der Waals surface area contributed by atoms with Crippen molar-refractivity contribution in [1.29, 1.82) is 0 Å². The van der Waals surface area contributed by atoms with Crippen molar-refractivity contribution >= 4 is 28.6 Å². The van der Waals surface area contributed by atoms with Crippen molar-refractivity contribution in [2.45, 2.75) is 217 Å². The summed E-state index contributed by atoms with van der Waals surface area (Å²) in [6.45, 7) is 19.2. The number of fused-ring (bicyclic) bond motifs is 2. The first kappa shape index (κ1) is 75.0. The Bertz CT molecular complexity index is 2530. The number of alkyl halides is 2. The fraction of sp³-hybridized carbons (Fsp3) is 0.686. The van der Waals surface area contributed by atoms with Gasteiger partial charge in [0.25, 0.3) is 0 Å². The van der Waals surface area contributed by atoms with Crippen molar-refractivity contribution < 1.29 is 77.5 Å². The molecule has 4 aliphatic carbocycles. The average Bonchev–Trinajstić information content (AvgIpc) is 3.47. The second kappa shape index (κ2) is 34.2. The zero-order valence-corrected chi connectivity index (χ0v) is 56.6. The highest BCUT2D eigenvalue weighted by molar-refractivity contribution is 6.74. The van der Waals surface area contributed by atoms with E-state index < -0.39 is 104 Å². The topological polar surface area (TPSA) is 233 Å². The first-order chi connectivity index (χ1) is 41.5. The maximum atomic E-state index is 16.2. The van der Waals surface area contributed by atoms with Crippen molar-refractivity contribution in [3.8, 4) is 0 Å². The lowest BCUT2D eigenvalue weighted by atomic mass is 9.92. The maximum absolute atomic E-state index is 16.2. The number of unbranched alkanes of at least 4 members (excludes halogenated alkanes) is 2. The first-order valence-corrected chi connectivity index (χ1v) is 38.1. The molecule has 0 spiro atoms. The fourth-order valence-corrected chi connectivity index (χ4v) is 14.5. The van der Waals surface area contributed by atoms with E-state index in [1.54, 1.807) is 6.08 Å². The van der Waals surface area contributed by atoms with Crippen LogP contribution in [0.3, 0.4) is 0 Å². The van der Waals surface area contributed by atoms with Gasteiger partial charge in [-0.25, -0.2) is 8.78 Å². The first-order valence-electron chi connectivity index (χ1n) is 32.3. The van der Waals surface area contributed by atoms with Crippen LogP contribution < -0.4 is 0 Å². The molecule has 8 N–H and O–H groups in total. The van der Waals surface area contributed by atoms with E-state index in [2.05, 4.69) is 122 Å². The molecule has 496 valence electrons. The predicted octanol–water partition coefficient (Wildman–Crippen LogP) is 10.9. The normalized spacial score (nSPS) is 23.0. The van der Waals surface area contributed by atoms with Gasteiger partial charge in [0.05, 0.1) is 74.9 Å². The van der Waals surface area contributed by atoms with Crippen LogP contribution in [0.5, 0.6) is 0 Å². The molecule has 0 saturated heterocycles. The number of aliphatic hydroxyl groups is 8. The molecular formula is C70H110F2O14Si2. The van der Waals surface area contributed by atoms with Crippen molar-refractivity contribution in [2.24, 2.45) is 34.5 Å². The molecule has 6 rings (SSSR count). The summed E-state index contributed by atoms with van der Waals surface area (Å²) in [7, 11) is -4.26. The number of esters is 2. The van der Waals surface area contributed by atoms with E-state index in [1.165, 1.54) is 22.3 Å². The number of aliphatic hydroxyl groups excluding tert-OH is 8. The minimum absolute atomic E-state index is 0.00501. The lowest BCUT2D eigenvalue weighted by Gasteiger charge is -2.41. The van der Waals surface area contributed by atoms with Crippen LogP contribution in [0.1, 0.15) is 141 Å². The number of allylic oxidation sites excluding steroid dienone is 4. The van der Waals surface area contributed by atoms with Gasteiger partial charge in [0, 0.05) is 37.5 Å². The van der Waals surface area contributed by atoms with E-state index in [0.29, 0.717) is 69.3 Å². The molecule has 2 fully saturated rings. The Labute approximate surface area is 526 Å². The van der Waals surface area contributed by atoms with Crippen LogP contribution in [0, 0.1) is 34.5 Å². The van der Waals surface area contributed by atoms with Crippen LogP contribution in [-0.2, 0) is 53.6 Å². The Balaban J connectivity index is 0.000000337. The summed E-state index contributed by atoms with van der Waals surface area (Å²) in [4.78, 5) is 24.2. The zero-order chi connectivity index (χ0) is 65.1. The molecule has 0 aromatic heterocycles. The molecule has 0 bridgehead atoms. The van der Waals surface area contributed by atoms with Gasteiger partial charge >= 0.3 is 11.9 Å². The number of ether oxygens (including phenoxy) is 2. The molecule has 0 radical (unpaired) electrons. The van der Waals surface area contributed by atoms with Gasteiger partial charge in [-0.1, -0.05) is 127 Å². The molecule has 0 unspecified atom stereocenters. The van der Waals surface area contributed by atoms with Gasteiger partial charge in [-0.15, -0.1) is 0 Å². The van der Waals surface area contributed by atoms with Crippen LogP contribution >= 0.6 is 0 Å². The van der Waals surface area contributed by atoms with Crippen molar-refractivity contribution in [2.75, 3.05) is 52.9 Å². The Morgan fingerprint density at radius 1 is 0.580 bits per heavy atom. The van der Waals surface area contributed by atoms with E-state index >= 15 is 4.39 Å². The van der Waals surface area contributed by atoms with E-state index in [0.717, 1.165) is 31.3 Å². The lowest BCUT2D eigenvalue weighted by Crippen LogP contribution is -2.46. The van der Waals surface area contributed by atoms with Crippen LogP contribution in [-0.4, -0.2) is 159 Å². The Hall–Kier alpha value is -3.77. The predicted molar refractivity (Wildman–Crippen MR) is 347 cm³/mol. The number of hydrogen-bond acceptors (Lipinski definition) is 14.